The summed E-state index contributed by atoms with van der Waals surface area (Å²) in [4.78, 5) is 21.9. The first kappa shape index (κ1) is 18.5. The Balaban J connectivity index is 1.49. The molecule has 4 nitrogen and oxygen atoms in total. The van der Waals surface area contributed by atoms with E-state index in [9.17, 15) is 4.79 Å². The molecule has 0 unspecified atom stereocenters. The molecule has 1 aromatic heterocycles. The summed E-state index contributed by atoms with van der Waals surface area (Å²) >= 11 is 0. The number of anilines is 1. The van der Waals surface area contributed by atoms with Gasteiger partial charge in [-0.3, -0.25) is 4.79 Å². The lowest BCUT2D eigenvalue weighted by molar-refractivity contribution is 0.0741. The van der Waals surface area contributed by atoms with Crippen LogP contribution in [0.15, 0.2) is 60.7 Å². The van der Waals surface area contributed by atoms with Crippen LogP contribution in [0.4, 0.5) is 5.69 Å². The molecule has 0 atom stereocenters. The molecule has 0 spiro atoms. The number of hydrogen-bond acceptors (Lipinski definition) is 3. The molecular weight excluding hydrogens is 346 g/mol. The van der Waals surface area contributed by atoms with E-state index in [0.29, 0.717) is 18.8 Å². The topological polar surface area (TPSA) is 36.4 Å². The normalized spacial score (nSPS) is 15.1. The van der Waals surface area contributed by atoms with Crippen LogP contribution in [0.5, 0.6) is 0 Å². The molecular formula is C24H27N3O. The fourth-order valence-electron chi connectivity index (χ4n) is 3.88. The van der Waals surface area contributed by atoms with Crippen molar-refractivity contribution in [3.63, 3.8) is 0 Å². The number of carbonyl (C=O) groups excluding carboxylic acids is 1. The van der Waals surface area contributed by atoms with Gasteiger partial charge in [0, 0.05) is 37.3 Å². The van der Waals surface area contributed by atoms with Gasteiger partial charge >= 0.3 is 0 Å². The first-order valence-electron chi connectivity index (χ1n) is 9.93. The van der Waals surface area contributed by atoms with E-state index in [1.54, 1.807) is 0 Å². The Labute approximate surface area is 166 Å². The summed E-state index contributed by atoms with van der Waals surface area (Å²) in [5.41, 5.74) is 4.13. The summed E-state index contributed by atoms with van der Waals surface area (Å²) in [5, 5.41) is 1.06. The lowest BCUT2D eigenvalue weighted by atomic mass is 9.85. The molecule has 1 aliphatic heterocycles. The lowest BCUT2D eigenvalue weighted by Gasteiger charge is -2.38. The van der Waals surface area contributed by atoms with Crippen LogP contribution in [-0.2, 0) is 5.41 Å². The molecule has 0 bridgehead atoms. The molecule has 4 heteroatoms. The van der Waals surface area contributed by atoms with E-state index in [2.05, 4.69) is 54.9 Å². The average Bonchev–Trinajstić information content (AvgIpc) is 2.72. The molecule has 4 rings (SSSR count). The highest BCUT2D eigenvalue weighted by Gasteiger charge is 2.26. The Morgan fingerprint density at radius 3 is 2.29 bits per heavy atom. The van der Waals surface area contributed by atoms with Crippen LogP contribution in [0.25, 0.3) is 10.9 Å². The van der Waals surface area contributed by atoms with Gasteiger partial charge in [-0.05, 0) is 29.2 Å². The number of benzene rings is 2. The first-order chi connectivity index (χ1) is 13.4. The summed E-state index contributed by atoms with van der Waals surface area (Å²) in [6, 6.07) is 20.3. The maximum Gasteiger partial charge on any atom is 0.272 e. The van der Waals surface area contributed by atoms with E-state index in [1.165, 1.54) is 11.3 Å². The van der Waals surface area contributed by atoms with E-state index in [0.717, 1.165) is 24.0 Å². The minimum absolute atomic E-state index is 0.0227. The third-order valence-corrected chi connectivity index (χ3v) is 5.44. The van der Waals surface area contributed by atoms with E-state index in [-0.39, 0.29) is 11.3 Å². The third kappa shape index (κ3) is 3.59. The van der Waals surface area contributed by atoms with Crippen molar-refractivity contribution in [2.75, 3.05) is 31.1 Å². The molecule has 2 heterocycles. The number of amides is 1. The minimum atomic E-state index is 0.0227. The number of para-hydroxylation sites is 2. The van der Waals surface area contributed by atoms with Crippen LogP contribution in [0, 0.1) is 0 Å². The van der Waals surface area contributed by atoms with Crippen molar-refractivity contribution < 1.29 is 4.79 Å². The van der Waals surface area contributed by atoms with Crippen molar-refractivity contribution in [1.82, 2.24) is 9.88 Å². The van der Waals surface area contributed by atoms with E-state index in [4.69, 9.17) is 0 Å². The second kappa shape index (κ2) is 7.27. The van der Waals surface area contributed by atoms with Crippen LogP contribution in [0.2, 0.25) is 0 Å². The molecule has 1 saturated heterocycles. The van der Waals surface area contributed by atoms with Gasteiger partial charge in [0.25, 0.3) is 5.91 Å². The Morgan fingerprint density at radius 2 is 1.54 bits per heavy atom. The molecule has 1 aliphatic rings. The van der Waals surface area contributed by atoms with Crippen LogP contribution in [-0.4, -0.2) is 42.0 Å². The standard InChI is InChI=1S/C24H27N3O/c1-24(2,3)19-9-5-7-11-22(19)26-14-16-27(17-15-26)23(28)21-13-12-18-8-4-6-10-20(18)25-21/h4-13H,14-17H2,1-3H3. The molecule has 0 N–H and O–H groups in total. The maximum absolute atomic E-state index is 13.0. The second-order valence-corrected chi connectivity index (χ2v) is 8.44. The average molecular weight is 374 g/mol. The zero-order valence-electron chi connectivity index (χ0n) is 16.9. The molecule has 1 fully saturated rings. The molecule has 0 saturated carbocycles. The van der Waals surface area contributed by atoms with Gasteiger partial charge in [0.2, 0.25) is 0 Å². The highest BCUT2D eigenvalue weighted by molar-refractivity contribution is 5.95. The van der Waals surface area contributed by atoms with Crippen molar-refractivity contribution in [3.05, 3.63) is 71.9 Å². The zero-order chi connectivity index (χ0) is 19.7. The van der Waals surface area contributed by atoms with Crippen molar-refractivity contribution in [2.24, 2.45) is 0 Å². The van der Waals surface area contributed by atoms with Gasteiger partial charge < -0.3 is 9.80 Å². The Bertz CT molecular complexity index is 998. The third-order valence-electron chi connectivity index (χ3n) is 5.44. The Hall–Kier alpha value is -2.88. The van der Waals surface area contributed by atoms with E-state index in [1.807, 2.05) is 41.3 Å². The summed E-state index contributed by atoms with van der Waals surface area (Å²) < 4.78 is 0. The van der Waals surface area contributed by atoms with Gasteiger partial charge in [-0.2, -0.15) is 0 Å². The molecule has 3 aromatic rings. The van der Waals surface area contributed by atoms with Crippen molar-refractivity contribution >= 4 is 22.5 Å². The molecule has 0 aliphatic carbocycles. The maximum atomic E-state index is 13.0. The van der Waals surface area contributed by atoms with Gasteiger partial charge in [-0.1, -0.05) is 63.2 Å². The van der Waals surface area contributed by atoms with Crippen LogP contribution < -0.4 is 4.90 Å². The van der Waals surface area contributed by atoms with Gasteiger partial charge in [-0.25, -0.2) is 4.98 Å². The number of nitrogens with zero attached hydrogens (tertiary/aromatic N) is 3. The zero-order valence-corrected chi connectivity index (χ0v) is 16.9. The second-order valence-electron chi connectivity index (χ2n) is 8.44. The highest BCUT2D eigenvalue weighted by Crippen LogP contribution is 2.32. The lowest BCUT2D eigenvalue weighted by Crippen LogP contribution is -2.49. The number of carbonyl (C=O) groups is 1. The summed E-state index contributed by atoms with van der Waals surface area (Å²) in [6.07, 6.45) is 0. The Morgan fingerprint density at radius 1 is 0.857 bits per heavy atom. The van der Waals surface area contributed by atoms with Gasteiger partial charge in [-0.15, -0.1) is 0 Å². The van der Waals surface area contributed by atoms with Crippen molar-refractivity contribution in [3.8, 4) is 0 Å². The van der Waals surface area contributed by atoms with Crippen LogP contribution in [0.3, 0.4) is 0 Å². The summed E-state index contributed by atoms with van der Waals surface area (Å²) in [5.74, 6) is 0.0227. The van der Waals surface area contributed by atoms with Gasteiger partial charge in [0.05, 0.1) is 5.52 Å². The summed E-state index contributed by atoms with van der Waals surface area (Å²) in [7, 11) is 0. The smallest absolute Gasteiger partial charge is 0.272 e. The fraction of sp³-hybridized carbons (Fsp3) is 0.333. The molecule has 1 amide bonds. The SMILES string of the molecule is CC(C)(C)c1ccccc1N1CCN(C(=O)c2ccc3ccccc3n2)CC1. The predicted octanol–water partition coefficient (Wildman–Crippen LogP) is 4.49. The number of rotatable bonds is 2. The largest absolute Gasteiger partial charge is 0.368 e. The number of hydrogen-bond donors (Lipinski definition) is 0. The van der Waals surface area contributed by atoms with Gasteiger partial charge in [0.1, 0.15) is 5.69 Å². The molecule has 0 radical (unpaired) electrons. The van der Waals surface area contributed by atoms with Gasteiger partial charge in [0.15, 0.2) is 0 Å². The Kier molecular flexibility index (Phi) is 4.80. The van der Waals surface area contributed by atoms with Crippen LogP contribution >= 0.6 is 0 Å². The quantitative estimate of drug-likeness (QED) is 0.664. The number of fused-ring (bicyclic) bond motifs is 1. The fourth-order valence-corrected chi connectivity index (χ4v) is 3.88. The van der Waals surface area contributed by atoms with Crippen molar-refractivity contribution in [1.29, 1.82) is 0 Å². The molecule has 28 heavy (non-hydrogen) atoms. The molecule has 2 aromatic carbocycles. The number of piperazine rings is 1. The summed E-state index contributed by atoms with van der Waals surface area (Å²) in [6.45, 7) is 9.85. The van der Waals surface area contributed by atoms with E-state index >= 15 is 0 Å². The predicted molar refractivity (Wildman–Crippen MR) is 115 cm³/mol. The monoisotopic (exact) mass is 373 g/mol. The first-order valence-corrected chi connectivity index (χ1v) is 9.93. The van der Waals surface area contributed by atoms with Crippen molar-refractivity contribution in [2.45, 2.75) is 26.2 Å². The minimum Gasteiger partial charge on any atom is -0.368 e. The van der Waals surface area contributed by atoms with E-state index < -0.39 is 0 Å². The highest BCUT2D eigenvalue weighted by atomic mass is 16.2. The number of aromatic nitrogens is 1. The van der Waals surface area contributed by atoms with Crippen LogP contribution in [0.1, 0.15) is 36.8 Å². The molecule has 144 valence electrons. The number of pyridine rings is 1.